The number of hydrazine groups is 1. The molecule has 0 aromatic heterocycles. The predicted molar refractivity (Wildman–Crippen MR) is 143 cm³/mol. The molecule has 3 aliphatic heterocycles. The lowest BCUT2D eigenvalue weighted by Gasteiger charge is -2.51. The zero-order valence-corrected chi connectivity index (χ0v) is 23.0. The number of ether oxygens (including phenoxy) is 1. The molecule has 0 aromatic rings. The highest BCUT2D eigenvalue weighted by molar-refractivity contribution is 5.08. The number of methoxy groups -OCH3 is 1. The average Bonchev–Trinajstić information content (AvgIpc) is 3.37. The molecule has 0 spiro atoms. The molecule has 6 nitrogen and oxygen atoms in total. The van der Waals surface area contributed by atoms with Gasteiger partial charge in [0.25, 0.3) is 0 Å². The quantitative estimate of drug-likeness (QED) is 0.463. The zero-order chi connectivity index (χ0) is 24.9. The van der Waals surface area contributed by atoms with Crippen LogP contribution in [0.4, 0.5) is 0 Å². The standard InChI is InChI=1S/C30H51N5O/c1-30(2,17-31)22-9-4-18(5-10-22)29-28-23-15-20(7-12-25(23)32-16-26(28)34-35-29)19-6-11-24-21(14-19)8-13-27(33-24)36-3/h18-29,32-35H,4-16H2,1-3H3. The fourth-order valence-corrected chi connectivity index (χ4v) is 9.89. The second kappa shape index (κ2) is 10.5. The summed E-state index contributed by atoms with van der Waals surface area (Å²) in [7, 11) is 1.85. The van der Waals surface area contributed by atoms with Crippen LogP contribution < -0.4 is 21.5 Å². The molecule has 36 heavy (non-hydrogen) atoms. The van der Waals surface area contributed by atoms with Crippen LogP contribution in [0.3, 0.4) is 0 Å². The SMILES string of the molecule is COC1CCC2CC(C3CCC4NCC5NNC(C6CCC(C(C)(C)C#N)CC6)C5C4C3)CCC2N1. The molecule has 6 fully saturated rings. The Hall–Kier alpha value is -0.710. The number of rotatable bonds is 4. The molecule has 6 heteroatoms. The van der Waals surface area contributed by atoms with Gasteiger partial charge >= 0.3 is 0 Å². The van der Waals surface area contributed by atoms with Crippen LogP contribution in [0.5, 0.6) is 0 Å². The van der Waals surface area contributed by atoms with E-state index < -0.39 is 0 Å². The van der Waals surface area contributed by atoms with Gasteiger partial charge in [0, 0.05) is 37.8 Å². The van der Waals surface area contributed by atoms with Gasteiger partial charge in [-0.3, -0.25) is 16.2 Å². The Morgan fingerprint density at radius 3 is 2.19 bits per heavy atom. The first kappa shape index (κ1) is 25.6. The Morgan fingerprint density at radius 1 is 0.750 bits per heavy atom. The summed E-state index contributed by atoms with van der Waals surface area (Å²) in [4.78, 5) is 0. The van der Waals surface area contributed by atoms with E-state index >= 15 is 0 Å². The fourth-order valence-electron chi connectivity index (χ4n) is 9.89. The Morgan fingerprint density at radius 2 is 1.44 bits per heavy atom. The van der Waals surface area contributed by atoms with Crippen molar-refractivity contribution in [1.82, 2.24) is 21.5 Å². The van der Waals surface area contributed by atoms with Gasteiger partial charge in [0.05, 0.1) is 11.5 Å². The third-order valence-corrected chi connectivity index (χ3v) is 12.1. The minimum absolute atomic E-state index is 0.178. The third kappa shape index (κ3) is 4.77. The van der Waals surface area contributed by atoms with Crippen LogP contribution in [0.15, 0.2) is 0 Å². The van der Waals surface area contributed by atoms with E-state index in [-0.39, 0.29) is 11.6 Å². The molecule has 10 unspecified atom stereocenters. The molecule has 6 rings (SSSR count). The lowest BCUT2D eigenvalue weighted by atomic mass is 9.59. The topological polar surface area (TPSA) is 81.1 Å². The zero-order valence-electron chi connectivity index (χ0n) is 23.0. The average molecular weight is 498 g/mol. The van der Waals surface area contributed by atoms with Gasteiger partial charge in [-0.25, -0.2) is 0 Å². The van der Waals surface area contributed by atoms with Crippen molar-refractivity contribution in [1.29, 1.82) is 5.26 Å². The van der Waals surface area contributed by atoms with Crippen LogP contribution in [0.2, 0.25) is 0 Å². The molecule has 3 aliphatic carbocycles. The minimum Gasteiger partial charge on any atom is -0.367 e. The van der Waals surface area contributed by atoms with Gasteiger partial charge < -0.3 is 10.1 Å². The lowest BCUT2D eigenvalue weighted by Crippen LogP contribution is -2.59. The van der Waals surface area contributed by atoms with E-state index in [1.165, 1.54) is 77.0 Å². The fraction of sp³-hybridized carbons (Fsp3) is 0.967. The molecule has 4 N–H and O–H groups in total. The molecular formula is C30H51N5O. The van der Waals surface area contributed by atoms with Crippen LogP contribution in [0.25, 0.3) is 0 Å². The number of hydrogen-bond acceptors (Lipinski definition) is 6. The van der Waals surface area contributed by atoms with E-state index in [4.69, 9.17) is 4.74 Å². The van der Waals surface area contributed by atoms with Crippen LogP contribution >= 0.6 is 0 Å². The van der Waals surface area contributed by atoms with Gasteiger partial charge in [0.2, 0.25) is 0 Å². The predicted octanol–water partition coefficient (Wildman–Crippen LogP) is 4.33. The van der Waals surface area contributed by atoms with Crippen molar-refractivity contribution in [3.8, 4) is 6.07 Å². The molecule has 10 atom stereocenters. The number of nitrogens with one attached hydrogen (secondary N) is 4. The van der Waals surface area contributed by atoms with E-state index in [1.807, 2.05) is 7.11 Å². The summed E-state index contributed by atoms with van der Waals surface area (Å²) in [5.41, 5.74) is 7.40. The Labute approximate surface area is 219 Å². The molecule has 3 saturated carbocycles. The summed E-state index contributed by atoms with van der Waals surface area (Å²) < 4.78 is 5.63. The van der Waals surface area contributed by atoms with Gasteiger partial charge in [-0.15, -0.1) is 0 Å². The number of nitriles is 1. The van der Waals surface area contributed by atoms with Gasteiger partial charge in [-0.1, -0.05) is 0 Å². The molecule has 0 radical (unpaired) electrons. The number of piperidine rings is 2. The lowest BCUT2D eigenvalue weighted by molar-refractivity contribution is -0.0127. The van der Waals surface area contributed by atoms with Crippen molar-refractivity contribution in [3.63, 3.8) is 0 Å². The Bertz CT molecular complexity index is 804. The maximum absolute atomic E-state index is 9.64. The van der Waals surface area contributed by atoms with Crippen molar-refractivity contribution in [2.75, 3.05) is 13.7 Å². The largest absolute Gasteiger partial charge is 0.367 e. The van der Waals surface area contributed by atoms with Crippen molar-refractivity contribution in [2.24, 2.45) is 46.8 Å². The van der Waals surface area contributed by atoms with Gasteiger partial charge in [0.1, 0.15) is 6.23 Å². The van der Waals surface area contributed by atoms with Crippen molar-refractivity contribution < 1.29 is 4.74 Å². The summed E-state index contributed by atoms with van der Waals surface area (Å²) in [5.74, 6) is 5.60. The summed E-state index contributed by atoms with van der Waals surface area (Å²) in [6.45, 7) is 5.42. The number of fused-ring (bicyclic) bond motifs is 4. The van der Waals surface area contributed by atoms with Gasteiger partial charge in [0.15, 0.2) is 0 Å². The highest BCUT2D eigenvalue weighted by atomic mass is 16.5. The molecule has 202 valence electrons. The first-order valence-electron chi connectivity index (χ1n) is 15.4. The highest BCUT2D eigenvalue weighted by Crippen LogP contribution is 2.50. The molecule has 0 amide bonds. The smallest absolute Gasteiger partial charge is 0.107 e. The third-order valence-electron chi connectivity index (χ3n) is 12.1. The highest BCUT2D eigenvalue weighted by Gasteiger charge is 2.52. The van der Waals surface area contributed by atoms with E-state index in [1.54, 1.807) is 0 Å². The van der Waals surface area contributed by atoms with Crippen LogP contribution in [-0.2, 0) is 4.74 Å². The normalized spacial score (nSPS) is 49.4. The molecular weight excluding hydrogens is 446 g/mol. The summed E-state index contributed by atoms with van der Waals surface area (Å²) >= 11 is 0. The van der Waals surface area contributed by atoms with E-state index in [0.717, 1.165) is 48.1 Å². The number of nitrogens with zero attached hydrogens (tertiary/aromatic N) is 1. The summed E-state index contributed by atoms with van der Waals surface area (Å²) in [6, 6.07) is 5.18. The summed E-state index contributed by atoms with van der Waals surface area (Å²) in [5, 5.41) is 17.4. The molecule has 6 aliphatic rings. The first-order chi connectivity index (χ1) is 17.5. The molecule has 0 aromatic carbocycles. The maximum atomic E-state index is 9.64. The maximum Gasteiger partial charge on any atom is 0.107 e. The summed E-state index contributed by atoms with van der Waals surface area (Å²) in [6.07, 6.45) is 16.3. The van der Waals surface area contributed by atoms with Gasteiger partial charge in [-0.2, -0.15) is 5.26 Å². The van der Waals surface area contributed by atoms with Crippen molar-refractivity contribution >= 4 is 0 Å². The Balaban J connectivity index is 1.10. The Kier molecular flexibility index (Phi) is 7.42. The van der Waals surface area contributed by atoms with Crippen LogP contribution in [-0.4, -0.2) is 44.0 Å². The van der Waals surface area contributed by atoms with Crippen LogP contribution in [0.1, 0.15) is 90.9 Å². The monoisotopic (exact) mass is 497 g/mol. The molecule has 3 saturated heterocycles. The van der Waals surface area contributed by atoms with Crippen molar-refractivity contribution in [3.05, 3.63) is 0 Å². The second-order valence-corrected chi connectivity index (χ2v) is 14.1. The van der Waals surface area contributed by atoms with Gasteiger partial charge in [-0.05, 0) is 132 Å². The second-order valence-electron chi connectivity index (χ2n) is 14.1. The van der Waals surface area contributed by atoms with Crippen molar-refractivity contribution in [2.45, 2.75) is 121 Å². The molecule has 0 bridgehead atoms. The molecule has 3 heterocycles. The van der Waals surface area contributed by atoms with E-state index in [9.17, 15) is 5.26 Å². The van der Waals surface area contributed by atoms with E-state index in [2.05, 4.69) is 41.4 Å². The number of hydrogen-bond donors (Lipinski definition) is 4. The minimum atomic E-state index is -0.178. The first-order valence-corrected chi connectivity index (χ1v) is 15.4. The van der Waals surface area contributed by atoms with Crippen LogP contribution in [0, 0.1) is 58.2 Å². The van der Waals surface area contributed by atoms with E-state index in [0.29, 0.717) is 24.0 Å².